The van der Waals surface area contributed by atoms with E-state index in [1.54, 1.807) is 38.6 Å². The normalized spacial score (nSPS) is 11.2. The molecule has 0 aliphatic heterocycles. The van der Waals surface area contributed by atoms with Gasteiger partial charge in [0.25, 0.3) is 0 Å². The van der Waals surface area contributed by atoms with Gasteiger partial charge >= 0.3 is 0 Å². The first-order chi connectivity index (χ1) is 16.5. The van der Waals surface area contributed by atoms with Crippen LogP contribution in [0.25, 0.3) is 10.9 Å². The molecule has 1 aromatic heterocycles. The van der Waals surface area contributed by atoms with E-state index in [9.17, 15) is 4.79 Å². The van der Waals surface area contributed by atoms with Gasteiger partial charge in [0.15, 0.2) is 11.5 Å². The van der Waals surface area contributed by atoms with Crippen molar-refractivity contribution in [2.45, 2.75) is 13.0 Å². The van der Waals surface area contributed by atoms with Gasteiger partial charge in [-0.15, -0.1) is 0 Å². The summed E-state index contributed by atoms with van der Waals surface area (Å²) in [7, 11) is 3.13. The van der Waals surface area contributed by atoms with Crippen molar-refractivity contribution in [3.8, 4) is 11.5 Å². The van der Waals surface area contributed by atoms with E-state index in [-0.39, 0.29) is 12.3 Å². The van der Waals surface area contributed by atoms with Crippen molar-refractivity contribution in [3.05, 3.63) is 93.6 Å². The molecule has 6 nitrogen and oxygen atoms in total. The summed E-state index contributed by atoms with van der Waals surface area (Å²) in [5.41, 5.74) is 6.26. The van der Waals surface area contributed by atoms with Crippen LogP contribution in [0.5, 0.6) is 11.5 Å². The van der Waals surface area contributed by atoms with Crippen LogP contribution in [0.3, 0.4) is 0 Å². The predicted molar refractivity (Wildman–Crippen MR) is 136 cm³/mol. The van der Waals surface area contributed by atoms with Crippen LogP contribution in [0, 0.1) is 0 Å². The highest BCUT2D eigenvalue weighted by Crippen LogP contribution is 2.28. The Morgan fingerprint density at radius 2 is 1.82 bits per heavy atom. The van der Waals surface area contributed by atoms with Crippen LogP contribution >= 0.6 is 23.2 Å². The van der Waals surface area contributed by atoms with Crippen LogP contribution in [-0.2, 0) is 17.8 Å². The summed E-state index contributed by atoms with van der Waals surface area (Å²) in [6.45, 7) is 0.579. The van der Waals surface area contributed by atoms with Gasteiger partial charge in [0, 0.05) is 39.3 Å². The lowest BCUT2D eigenvalue weighted by molar-refractivity contribution is -0.120. The fourth-order valence-electron chi connectivity index (χ4n) is 3.73. The molecule has 1 heterocycles. The van der Waals surface area contributed by atoms with Gasteiger partial charge in [0.2, 0.25) is 5.91 Å². The Bertz CT molecular complexity index is 1360. The molecule has 4 aromatic rings. The minimum atomic E-state index is -0.236. The van der Waals surface area contributed by atoms with Crippen molar-refractivity contribution in [1.29, 1.82) is 0 Å². The largest absolute Gasteiger partial charge is 0.493 e. The summed E-state index contributed by atoms with van der Waals surface area (Å²) >= 11 is 12.4. The summed E-state index contributed by atoms with van der Waals surface area (Å²) in [4.78, 5) is 12.4. The summed E-state index contributed by atoms with van der Waals surface area (Å²) in [5, 5.41) is 6.41. The molecule has 8 heteroatoms. The Balaban J connectivity index is 1.49. The standard InChI is InChI=1S/C26H23Cl2N3O3/c1-33-24-10-7-17(11-25(24)34-2)12-26(32)30-29-14-19-16-31(23-6-4-3-5-21(19)23)15-18-8-9-20(27)13-22(18)28/h3-11,13-14,16H,12,15H2,1-2H3,(H,30,32)/b29-14+. The van der Waals surface area contributed by atoms with Gasteiger partial charge in [-0.25, -0.2) is 5.43 Å². The van der Waals surface area contributed by atoms with E-state index in [2.05, 4.69) is 15.1 Å². The van der Waals surface area contributed by atoms with E-state index in [0.29, 0.717) is 28.1 Å². The highest BCUT2D eigenvalue weighted by molar-refractivity contribution is 6.35. The molecule has 0 spiro atoms. The average molecular weight is 496 g/mol. The number of carbonyl (C=O) groups is 1. The molecule has 4 rings (SSSR count). The number of methoxy groups -OCH3 is 2. The van der Waals surface area contributed by atoms with Crippen LogP contribution < -0.4 is 14.9 Å². The van der Waals surface area contributed by atoms with Gasteiger partial charge in [-0.1, -0.05) is 53.5 Å². The molecule has 0 aliphatic carbocycles. The first-order valence-corrected chi connectivity index (χ1v) is 11.3. The summed E-state index contributed by atoms with van der Waals surface area (Å²) < 4.78 is 12.6. The molecular formula is C26H23Cl2N3O3. The van der Waals surface area contributed by atoms with Crippen LogP contribution in [0.4, 0.5) is 0 Å². The van der Waals surface area contributed by atoms with Crippen molar-refractivity contribution >= 4 is 46.2 Å². The molecule has 0 saturated heterocycles. The molecular weight excluding hydrogens is 473 g/mol. The zero-order valence-electron chi connectivity index (χ0n) is 18.7. The van der Waals surface area contributed by atoms with E-state index in [1.807, 2.05) is 48.7 Å². The molecule has 0 atom stereocenters. The molecule has 0 unspecified atom stereocenters. The monoisotopic (exact) mass is 495 g/mol. The molecule has 0 fully saturated rings. The SMILES string of the molecule is COc1ccc(CC(=O)N/N=C/c2cn(Cc3ccc(Cl)cc3Cl)c3ccccc23)cc1OC. The van der Waals surface area contributed by atoms with E-state index in [1.165, 1.54) is 0 Å². The number of halogens is 2. The van der Waals surface area contributed by atoms with Gasteiger partial charge in [-0.3, -0.25) is 4.79 Å². The second kappa shape index (κ2) is 10.6. The fourth-order valence-corrected chi connectivity index (χ4v) is 4.20. The van der Waals surface area contributed by atoms with Crippen molar-refractivity contribution in [3.63, 3.8) is 0 Å². The van der Waals surface area contributed by atoms with Gasteiger partial charge in [0.1, 0.15) is 0 Å². The number of aromatic nitrogens is 1. The predicted octanol–water partition coefficient (Wildman–Crippen LogP) is 5.71. The van der Waals surface area contributed by atoms with E-state index < -0.39 is 0 Å². The highest BCUT2D eigenvalue weighted by Gasteiger charge is 2.10. The molecule has 0 bridgehead atoms. The summed E-state index contributed by atoms with van der Waals surface area (Å²) in [5.74, 6) is 0.950. The van der Waals surface area contributed by atoms with Crippen LogP contribution in [0.15, 0.2) is 72.0 Å². The third kappa shape index (κ3) is 5.35. The molecule has 0 radical (unpaired) electrons. The summed E-state index contributed by atoms with van der Waals surface area (Å²) in [6.07, 6.45) is 3.79. The summed E-state index contributed by atoms with van der Waals surface area (Å²) in [6, 6.07) is 18.8. The molecule has 174 valence electrons. The number of fused-ring (bicyclic) bond motifs is 1. The Morgan fingerprint density at radius 1 is 1.03 bits per heavy atom. The van der Waals surface area contributed by atoms with Crippen LogP contribution in [0.1, 0.15) is 16.7 Å². The fraction of sp³-hybridized carbons (Fsp3) is 0.154. The quantitative estimate of drug-likeness (QED) is 0.251. The lowest BCUT2D eigenvalue weighted by atomic mass is 10.1. The first-order valence-electron chi connectivity index (χ1n) is 10.5. The third-order valence-corrected chi connectivity index (χ3v) is 5.97. The number of para-hydroxylation sites is 1. The number of rotatable bonds is 8. The maximum atomic E-state index is 12.4. The molecule has 1 N–H and O–H groups in total. The number of amides is 1. The lowest BCUT2D eigenvalue weighted by Crippen LogP contribution is -2.19. The van der Waals surface area contributed by atoms with Crippen molar-refractivity contribution < 1.29 is 14.3 Å². The van der Waals surface area contributed by atoms with Gasteiger partial charge < -0.3 is 14.0 Å². The number of hydrogen-bond donors (Lipinski definition) is 1. The Hall–Kier alpha value is -3.48. The van der Waals surface area contributed by atoms with E-state index in [0.717, 1.165) is 27.6 Å². The minimum absolute atomic E-state index is 0.161. The maximum Gasteiger partial charge on any atom is 0.244 e. The average Bonchev–Trinajstić information content (AvgIpc) is 3.18. The van der Waals surface area contributed by atoms with Crippen molar-refractivity contribution in [2.24, 2.45) is 5.10 Å². The van der Waals surface area contributed by atoms with E-state index in [4.69, 9.17) is 32.7 Å². The zero-order valence-corrected chi connectivity index (χ0v) is 20.2. The molecule has 0 aliphatic rings. The molecule has 0 saturated carbocycles. The van der Waals surface area contributed by atoms with E-state index >= 15 is 0 Å². The number of nitrogens with zero attached hydrogens (tertiary/aromatic N) is 2. The van der Waals surface area contributed by atoms with Gasteiger partial charge in [-0.05, 0) is 41.5 Å². The van der Waals surface area contributed by atoms with Gasteiger partial charge in [-0.2, -0.15) is 5.10 Å². The second-order valence-electron chi connectivity index (χ2n) is 7.62. The Kier molecular flexibility index (Phi) is 7.40. The maximum absolute atomic E-state index is 12.4. The Labute approximate surface area is 207 Å². The van der Waals surface area contributed by atoms with Crippen molar-refractivity contribution in [1.82, 2.24) is 9.99 Å². The number of carbonyl (C=O) groups excluding carboxylic acids is 1. The second-order valence-corrected chi connectivity index (χ2v) is 8.47. The number of nitrogens with one attached hydrogen (secondary N) is 1. The number of benzene rings is 3. The Morgan fingerprint density at radius 3 is 2.59 bits per heavy atom. The third-order valence-electron chi connectivity index (χ3n) is 5.38. The number of hydrazone groups is 1. The molecule has 3 aromatic carbocycles. The van der Waals surface area contributed by atoms with Gasteiger partial charge in [0.05, 0.1) is 26.9 Å². The zero-order chi connectivity index (χ0) is 24.1. The topological polar surface area (TPSA) is 64.8 Å². The highest BCUT2D eigenvalue weighted by atomic mass is 35.5. The minimum Gasteiger partial charge on any atom is -0.493 e. The first kappa shape index (κ1) is 23.7. The van der Waals surface area contributed by atoms with Crippen LogP contribution in [0.2, 0.25) is 10.0 Å². The smallest absolute Gasteiger partial charge is 0.244 e. The lowest BCUT2D eigenvalue weighted by Gasteiger charge is -2.09. The van der Waals surface area contributed by atoms with Crippen molar-refractivity contribution in [2.75, 3.05) is 14.2 Å². The number of ether oxygens (including phenoxy) is 2. The van der Waals surface area contributed by atoms with Crippen LogP contribution in [-0.4, -0.2) is 30.9 Å². The number of hydrogen-bond acceptors (Lipinski definition) is 4. The molecule has 34 heavy (non-hydrogen) atoms. The molecule has 1 amide bonds.